The molecule has 2 aromatic heterocycles. The van der Waals surface area contributed by atoms with Crippen LogP contribution in [0.4, 0.5) is 5.95 Å². The van der Waals surface area contributed by atoms with Crippen LogP contribution in [0.3, 0.4) is 0 Å². The van der Waals surface area contributed by atoms with Crippen LogP contribution in [0.2, 0.25) is 0 Å². The lowest BCUT2D eigenvalue weighted by atomic mass is 10.1. The van der Waals surface area contributed by atoms with Crippen LogP contribution in [0.25, 0.3) is 11.0 Å². The number of aliphatic imine (C=N–C) groups is 1. The van der Waals surface area contributed by atoms with E-state index in [-0.39, 0.29) is 0 Å². The van der Waals surface area contributed by atoms with Crippen LogP contribution in [0.15, 0.2) is 52.1 Å². The number of aromatic nitrogens is 2. The maximum atomic E-state index is 6.24. The summed E-state index contributed by atoms with van der Waals surface area (Å²) in [6.45, 7) is 5.76. The third-order valence-corrected chi connectivity index (χ3v) is 4.74. The van der Waals surface area contributed by atoms with Crippen LogP contribution >= 0.6 is 0 Å². The Hall–Kier alpha value is -3.09. The Morgan fingerprint density at radius 3 is 2.62 bits per heavy atom. The van der Waals surface area contributed by atoms with Gasteiger partial charge in [0.05, 0.1) is 6.54 Å². The normalized spacial score (nSPS) is 15.7. The molecule has 0 unspecified atom stereocenters. The van der Waals surface area contributed by atoms with E-state index in [1.807, 2.05) is 31.2 Å². The van der Waals surface area contributed by atoms with Crippen molar-refractivity contribution in [1.82, 2.24) is 14.9 Å². The number of guanidine groups is 1. The summed E-state index contributed by atoms with van der Waals surface area (Å²) < 4.78 is 5.80. The van der Waals surface area contributed by atoms with Crippen molar-refractivity contribution in [2.24, 2.45) is 10.7 Å². The second-order valence-electron chi connectivity index (χ2n) is 6.33. The van der Waals surface area contributed by atoms with Gasteiger partial charge < -0.3 is 20.0 Å². The first kappa shape index (κ1) is 16.4. The maximum absolute atomic E-state index is 6.24. The topological polar surface area (TPSA) is 83.8 Å². The van der Waals surface area contributed by atoms with Crippen molar-refractivity contribution in [2.75, 3.05) is 31.1 Å². The molecule has 0 amide bonds. The van der Waals surface area contributed by atoms with Crippen molar-refractivity contribution in [3.63, 3.8) is 0 Å². The fourth-order valence-corrected chi connectivity index (χ4v) is 3.27. The molecule has 26 heavy (non-hydrogen) atoms. The van der Waals surface area contributed by atoms with Gasteiger partial charge in [0.1, 0.15) is 11.3 Å². The van der Waals surface area contributed by atoms with E-state index in [0.29, 0.717) is 12.5 Å². The molecule has 1 fully saturated rings. The Balaban J connectivity index is 1.42. The molecule has 4 rings (SSSR count). The van der Waals surface area contributed by atoms with E-state index in [1.165, 1.54) is 0 Å². The zero-order valence-electron chi connectivity index (χ0n) is 14.8. The van der Waals surface area contributed by atoms with E-state index in [1.54, 1.807) is 12.4 Å². The highest BCUT2D eigenvalue weighted by Crippen LogP contribution is 2.25. The molecule has 3 aromatic rings. The summed E-state index contributed by atoms with van der Waals surface area (Å²) in [5.74, 6) is 2.24. The molecule has 7 heteroatoms. The summed E-state index contributed by atoms with van der Waals surface area (Å²) in [5, 5.41) is 1.10. The molecule has 0 aliphatic carbocycles. The van der Waals surface area contributed by atoms with E-state index in [2.05, 4.69) is 30.8 Å². The lowest BCUT2D eigenvalue weighted by molar-refractivity contribution is 0.378. The van der Waals surface area contributed by atoms with Gasteiger partial charge in [-0.1, -0.05) is 18.2 Å². The van der Waals surface area contributed by atoms with Gasteiger partial charge in [-0.3, -0.25) is 0 Å². The summed E-state index contributed by atoms with van der Waals surface area (Å²) in [4.78, 5) is 17.5. The minimum Gasteiger partial charge on any atom is -0.461 e. The van der Waals surface area contributed by atoms with Crippen LogP contribution in [-0.2, 0) is 6.54 Å². The lowest BCUT2D eigenvalue weighted by Crippen LogP contribution is -2.51. The van der Waals surface area contributed by atoms with Crippen LogP contribution in [0, 0.1) is 6.92 Å². The Bertz CT molecular complexity index is 912. The zero-order valence-corrected chi connectivity index (χ0v) is 14.8. The van der Waals surface area contributed by atoms with E-state index in [4.69, 9.17) is 10.2 Å². The highest BCUT2D eigenvalue weighted by molar-refractivity contribution is 5.83. The number of nitrogens with two attached hydrogens (primary N) is 1. The quantitative estimate of drug-likeness (QED) is 0.576. The van der Waals surface area contributed by atoms with Gasteiger partial charge in [0, 0.05) is 49.5 Å². The zero-order chi connectivity index (χ0) is 17.9. The smallest absolute Gasteiger partial charge is 0.225 e. The lowest BCUT2D eigenvalue weighted by Gasteiger charge is -2.35. The third kappa shape index (κ3) is 3.20. The summed E-state index contributed by atoms with van der Waals surface area (Å²) in [7, 11) is 0. The average Bonchev–Trinajstić information content (AvgIpc) is 3.02. The number of hydrogen-bond donors (Lipinski definition) is 1. The first-order valence-electron chi connectivity index (χ1n) is 8.76. The van der Waals surface area contributed by atoms with Gasteiger partial charge in [0.15, 0.2) is 5.96 Å². The molecule has 0 radical (unpaired) electrons. The van der Waals surface area contributed by atoms with Crippen molar-refractivity contribution >= 4 is 22.9 Å². The number of rotatable bonds is 3. The van der Waals surface area contributed by atoms with Gasteiger partial charge in [-0.25, -0.2) is 15.0 Å². The van der Waals surface area contributed by atoms with Crippen LogP contribution in [0.5, 0.6) is 0 Å². The molecule has 7 nitrogen and oxygen atoms in total. The monoisotopic (exact) mass is 350 g/mol. The number of hydrogen-bond acceptors (Lipinski definition) is 5. The Kier molecular flexibility index (Phi) is 4.43. The van der Waals surface area contributed by atoms with Crippen molar-refractivity contribution in [2.45, 2.75) is 13.5 Å². The molecule has 0 atom stereocenters. The second kappa shape index (κ2) is 7.03. The Morgan fingerprint density at radius 2 is 1.85 bits per heavy atom. The molecular formula is C19H22N6O. The van der Waals surface area contributed by atoms with Crippen LogP contribution < -0.4 is 10.6 Å². The standard InChI is InChI=1S/C19H22N6O/c1-14-16(15-5-2-3-6-17(15)26-14)13-23-18(20)24-9-11-25(12-10-24)19-21-7-4-8-22-19/h2-8H,9-13H2,1H3,(H2,20,23). The molecule has 1 saturated heterocycles. The highest BCUT2D eigenvalue weighted by atomic mass is 16.3. The van der Waals surface area contributed by atoms with Gasteiger partial charge in [-0.15, -0.1) is 0 Å². The highest BCUT2D eigenvalue weighted by Gasteiger charge is 2.20. The van der Waals surface area contributed by atoms with Gasteiger partial charge >= 0.3 is 0 Å². The van der Waals surface area contributed by atoms with Crippen molar-refractivity contribution in [3.8, 4) is 0 Å². The molecule has 0 saturated carbocycles. The molecule has 0 bridgehead atoms. The second-order valence-corrected chi connectivity index (χ2v) is 6.33. The average molecular weight is 350 g/mol. The van der Waals surface area contributed by atoms with E-state index >= 15 is 0 Å². The molecule has 3 heterocycles. The summed E-state index contributed by atoms with van der Waals surface area (Å²) in [6, 6.07) is 9.85. The van der Waals surface area contributed by atoms with E-state index in [0.717, 1.165) is 54.4 Å². The fraction of sp³-hybridized carbons (Fsp3) is 0.316. The first-order valence-corrected chi connectivity index (χ1v) is 8.76. The summed E-state index contributed by atoms with van der Waals surface area (Å²) >= 11 is 0. The SMILES string of the molecule is Cc1oc2ccccc2c1CN=C(N)N1CCN(c2ncccn2)CC1. The van der Waals surface area contributed by atoms with Gasteiger partial charge in [0.25, 0.3) is 0 Å². The Labute approximate surface area is 152 Å². The first-order chi connectivity index (χ1) is 12.7. The number of aryl methyl sites for hydroxylation is 1. The predicted molar refractivity (Wildman–Crippen MR) is 102 cm³/mol. The van der Waals surface area contributed by atoms with Gasteiger partial charge in [0.2, 0.25) is 5.95 Å². The molecule has 0 spiro atoms. The number of piperazine rings is 1. The maximum Gasteiger partial charge on any atom is 0.225 e. The molecule has 2 N–H and O–H groups in total. The van der Waals surface area contributed by atoms with E-state index < -0.39 is 0 Å². The van der Waals surface area contributed by atoms with E-state index in [9.17, 15) is 0 Å². The van der Waals surface area contributed by atoms with Crippen molar-refractivity contribution in [1.29, 1.82) is 0 Å². The van der Waals surface area contributed by atoms with Crippen molar-refractivity contribution < 1.29 is 4.42 Å². The number of anilines is 1. The molecular weight excluding hydrogens is 328 g/mol. The van der Waals surface area contributed by atoms with Gasteiger partial charge in [-0.05, 0) is 19.1 Å². The minimum atomic E-state index is 0.524. The molecule has 1 aliphatic rings. The number of furan rings is 1. The molecule has 134 valence electrons. The largest absolute Gasteiger partial charge is 0.461 e. The number of para-hydroxylation sites is 1. The number of nitrogens with zero attached hydrogens (tertiary/aromatic N) is 5. The fourth-order valence-electron chi connectivity index (χ4n) is 3.27. The number of fused-ring (bicyclic) bond motifs is 1. The van der Waals surface area contributed by atoms with Crippen molar-refractivity contribution in [3.05, 3.63) is 54.0 Å². The Morgan fingerprint density at radius 1 is 1.12 bits per heavy atom. The van der Waals surface area contributed by atoms with Crippen LogP contribution in [0.1, 0.15) is 11.3 Å². The number of benzene rings is 1. The summed E-state index contributed by atoms with van der Waals surface area (Å²) in [5.41, 5.74) is 8.23. The molecule has 1 aromatic carbocycles. The molecule has 1 aliphatic heterocycles. The van der Waals surface area contributed by atoms with Gasteiger partial charge in [-0.2, -0.15) is 0 Å². The third-order valence-electron chi connectivity index (χ3n) is 4.74. The van der Waals surface area contributed by atoms with Crippen LogP contribution in [-0.4, -0.2) is 47.0 Å². The predicted octanol–water partition coefficient (Wildman–Crippen LogP) is 2.17. The minimum absolute atomic E-state index is 0.524. The summed E-state index contributed by atoms with van der Waals surface area (Å²) in [6.07, 6.45) is 3.53.